The molecule has 1 aromatic heterocycles. The number of benzene rings is 1. The molecule has 6 nitrogen and oxygen atoms in total. The third-order valence-electron chi connectivity index (χ3n) is 3.53. The van der Waals surface area contributed by atoms with E-state index in [0.29, 0.717) is 19.6 Å². The minimum absolute atomic E-state index is 0.198. The van der Waals surface area contributed by atoms with Crippen LogP contribution < -0.4 is 15.6 Å². The Hall–Kier alpha value is -2.63. The summed E-state index contributed by atoms with van der Waals surface area (Å²) in [5, 5.41) is 8.74. The minimum atomic E-state index is -0.331. The van der Waals surface area contributed by atoms with E-state index >= 15 is 0 Å². The van der Waals surface area contributed by atoms with Crippen LogP contribution in [-0.4, -0.2) is 29.3 Å². The summed E-state index contributed by atoms with van der Waals surface area (Å²) in [6.45, 7) is 7.14. The molecule has 0 radical (unpaired) electrons. The Morgan fingerprint density at radius 3 is 2.70 bits per heavy atom. The molecule has 2 N–H and O–H groups in total. The van der Waals surface area contributed by atoms with Gasteiger partial charge in [-0.2, -0.15) is 5.10 Å². The average molecular weight is 315 g/mol. The molecule has 0 spiro atoms. The third kappa shape index (κ3) is 4.42. The van der Waals surface area contributed by atoms with Gasteiger partial charge in [0.15, 0.2) is 0 Å². The van der Waals surface area contributed by atoms with E-state index in [-0.39, 0.29) is 17.2 Å². The van der Waals surface area contributed by atoms with Crippen LogP contribution in [0.4, 0.5) is 0 Å². The molecule has 0 saturated carbocycles. The zero-order valence-electron chi connectivity index (χ0n) is 13.6. The fourth-order valence-electron chi connectivity index (χ4n) is 2.30. The molecule has 23 heavy (non-hydrogen) atoms. The lowest BCUT2D eigenvalue weighted by molar-refractivity contribution is 0.0948. The number of carbonyl (C=O) groups excluding carboxylic acids is 1. The van der Waals surface area contributed by atoms with Gasteiger partial charge in [-0.15, -0.1) is 0 Å². The molecule has 0 aliphatic carbocycles. The van der Waals surface area contributed by atoms with E-state index in [0.717, 1.165) is 16.9 Å². The number of hydrogen-bond donors (Lipinski definition) is 2. The predicted molar refractivity (Wildman–Crippen MR) is 88.0 cm³/mol. The summed E-state index contributed by atoms with van der Waals surface area (Å²) in [5.74, 6) is 0.594. The first kappa shape index (κ1) is 16.7. The van der Waals surface area contributed by atoms with Crippen molar-refractivity contribution in [2.24, 2.45) is 0 Å². The van der Waals surface area contributed by atoms with Gasteiger partial charge in [-0.1, -0.05) is 6.07 Å². The monoisotopic (exact) mass is 315 g/mol. The summed E-state index contributed by atoms with van der Waals surface area (Å²) in [5.41, 5.74) is 3.25. The van der Waals surface area contributed by atoms with Gasteiger partial charge in [0.1, 0.15) is 11.4 Å². The van der Waals surface area contributed by atoms with Gasteiger partial charge >= 0.3 is 0 Å². The second-order valence-corrected chi connectivity index (χ2v) is 5.29. The van der Waals surface area contributed by atoms with E-state index in [2.05, 4.69) is 21.6 Å². The fraction of sp³-hybridized carbons (Fsp3) is 0.353. The molecule has 2 rings (SSSR count). The Balaban J connectivity index is 1.96. The maximum atomic E-state index is 11.9. The molecule has 0 unspecified atom stereocenters. The van der Waals surface area contributed by atoms with E-state index in [1.54, 1.807) is 0 Å². The number of hydrogen-bond acceptors (Lipinski definition) is 4. The Kier molecular flexibility index (Phi) is 5.51. The Bertz CT molecular complexity index is 733. The highest BCUT2D eigenvalue weighted by Crippen LogP contribution is 2.23. The highest BCUT2D eigenvalue weighted by atomic mass is 16.5. The average Bonchev–Trinajstić information content (AvgIpc) is 2.52. The first-order chi connectivity index (χ1) is 11.0. The summed E-state index contributed by atoms with van der Waals surface area (Å²) >= 11 is 0. The van der Waals surface area contributed by atoms with E-state index in [9.17, 15) is 9.59 Å². The van der Waals surface area contributed by atoms with Gasteiger partial charge < -0.3 is 10.1 Å². The van der Waals surface area contributed by atoms with Crippen LogP contribution in [0.25, 0.3) is 0 Å². The van der Waals surface area contributed by atoms with Crippen molar-refractivity contribution in [3.05, 3.63) is 57.0 Å². The molecule has 0 aliphatic heterocycles. The fourth-order valence-corrected chi connectivity index (χ4v) is 2.30. The molecule has 0 aliphatic rings. The molecule has 1 aromatic carbocycles. The molecule has 6 heteroatoms. The first-order valence-electron chi connectivity index (χ1n) is 7.58. The molecular formula is C17H21N3O3. The molecule has 1 heterocycles. The number of aromatic amines is 1. The standard InChI is InChI=1S/C17H21N3O3/c1-4-23-15-10-11(2)13(9-12(15)3)7-8-18-17(22)14-5-6-16(21)20-19-14/h5-6,9-10H,4,7-8H2,1-3H3,(H,18,22)(H,20,21). The predicted octanol–water partition coefficient (Wildman–Crippen LogP) is 1.76. The number of amides is 1. The molecule has 0 atom stereocenters. The second kappa shape index (κ2) is 7.58. The maximum absolute atomic E-state index is 11.9. The van der Waals surface area contributed by atoms with Gasteiger partial charge in [-0.25, -0.2) is 5.10 Å². The molecule has 122 valence electrons. The SMILES string of the molecule is CCOc1cc(C)c(CCNC(=O)c2ccc(=O)[nH]n2)cc1C. The minimum Gasteiger partial charge on any atom is -0.494 e. The molecule has 0 fully saturated rings. The number of nitrogens with zero attached hydrogens (tertiary/aromatic N) is 1. The third-order valence-corrected chi connectivity index (χ3v) is 3.53. The van der Waals surface area contributed by atoms with Gasteiger partial charge in [0.25, 0.3) is 11.5 Å². The van der Waals surface area contributed by atoms with Gasteiger partial charge in [-0.05, 0) is 56.0 Å². The summed E-state index contributed by atoms with van der Waals surface area (Å²) in [7, 11) is 0. The first-order valence-corrected chi connectivity index (χ1v) is 7.58. The molecular weight excluding hydrogens is 294 g/mol. The number of aromatic nitrogens is 2. The lowest BCUT2D eigenvalue weighted by atomic mass is 10.0. The van der Waals surface area contributed by atoms with Crippen molar-refractivity contribution in [1.29, 1.82) is 0 Å². The lowest BCUT2D eigenvalue weighted by Gasteiger charge is -2.13. The summed E-state index contributed by atoms with van der Waals surface area (Å²) in [6, 6.07) is 6.80. The van der Waals surface area contributed by atoms with Crippen LogP contribution in [-0.2, 0) is 6.42 Å². The summed E-state index contributed by atoms with van der Waals surface area (Å²) < 4.78 is 5.58. The highest BCUT2D eigenvalue weighted by molar-refractivity contribution is 5.91. The molecule has 0 saturated heterocycles. The zero-order valence-corrected chi connectivity index (χ0v) is 13.6. The smallest absolute Gasteiger partial charge is 0.271 e. The van der Waals surface area contributed by atoms with Crippen molar-refractivity contribution in [2.45, 2.75) is 27.2 Å². The second-order valence-electron chi connectivity index (χ2n) is 5.29. The van der Waals surface area contributed by atoms with E-state index < -0.39 is 0 Å². The lowest BCUT2D eigenvalue weighted by Crippen LogP contribution is -2.27. The van der Waals surface area contributed by atoms with Gasteiger partial charge in [0, 0.05) is 12.6 Å². The summed E-state index contributed by atoms with van der Waals surface area (Å²) in [6.07, 6.45) is 0.716. The van der Waals surface area contributed by atoms with E-state index in [1.165, 1.54) is 17.7 Å². The summed E-state index contributed by atoms with van der Waals surface area (Å²) in [4.78, 5) is 22.8. The van der Waals surface area contributed by atoms with Crippen molar-refractivity contribution in [3.63, 3.8) is 0 Å². The van der Waals surface area contributed by atoms with Crippen molar-refractivity contribution in [2.75, 3.05) is 13.2 Å². The van der Waals surface area contributed by atoms with Crippen molar-refractivity contribution in [1.82, 2.24) is 15.5 Å². The van der Waals surface area contributed by atoms with Crippen molar-refractivity contribution >= 4 is 5.91 Å². The van der Waals surface area contributed by atoms with Gasteiger partial charge in [0.2, 0.25) is 0 Å². The Morgan fingerprint density at radius 1 is 1.26 bits per heavy atom. The van der Waals surface area contributed by atoms with Crippen LogP contribution in [0.3, 0.4) is 0 Å². The molecule has 0 bridgehead atoms. The van der Waals surface area contributed by atoms with Crippen molar-refractivity contribution < 1.29 is 9.53 Å². The molecule has 2 aromatic rings. The normalized spacial score (nSPS) is 10.4. The van der Waals surface area contributed by atoms with E-state index in [4.69, 9.17) is 4.74 Å². The largest absolute Gasteiger partial charge is 0.494 e. The van der Waals surface area contributed by atoms with Gasteiger partial charge in [-0.3, -0.25) is 9.59 Å². The van der Waals surface area contributed by atoms with Gasteiger partial charge in [0.05, 0.1) is 6.61 Å². The van der Waals surface area contributed by atoms with Crippen molar-refractivity contribution in [3.8, 4) is 5.75 Å². The number of ether oxygens (including phenoxy) is 1. The number of aryl methyl sites for hydroxylation is 2. The topological polar surface area (TPSA) is 84.1 Å². The van der Waals surface area contributed by atoms with Crippen LogP contribution in [0.1, 0.15) is 34.1 Å². The number of rotatable bonds is 6. The van der Waals surface area contributed by atoms with E-state index in [1.807, 2.05) is 26.8 Å². The van der Waals surface area contributed by atoms with Crippen LogP contribution in [0.2, 0.25) is 0 Å². The van der Waals surface area contributed by atoms with Crippen LogP contribution >= 0.6 is 0 Å². The Labute approximate surface area is 134 Å². The van der Waals surface area contributed by atoms with Crippen LogP contribution in [0.5, 0.6) is 5.75 Å². The molecule has 1 amide bonds. The zero-order chi connectivity index (χ0) is 16.8. The number of H-pyrrole nitrogens is 1. The quantitative estimate of drug-likeness (QED) is 0.851. The highest BCUT2D eigenvalue weighted by Gasteiger charge is 2.08. The van der Waals surface area contributed by atoms with Crippen LogP contribution in [0.15, 0.2) is 29.1 Å². The maximum Gasteiger partial charge on any atom is 0.271 e. The number of nitrogens with one attached hydrogen (secondary N) is 2. The van der Waals surface area contributed by atoms with Crippen LogP contribution in [0, 0.1) is 13.8 Å². The number of carbonyl (C=O) groups is 1. The Morgan fingerprint density at radius 2 is 2.04 bits per heavy atom.